The molecule has 2 aromatic rings. The van der Waals surface area contributed by atoms with Gasteiger partial charge in [0.1, 0.15) is 0 Å². The summed E-state index contributed by atoms with van der Waals surface area (Å²) in [5.74, 6) is 1.41. The highest BCUT2D eigenvalue weighted by molar-refractivity contribution is 7.84. The second-order valence-corrected chi connectivity index (χ2v) is 6.75. The van der Waals surface area contributed by atoms with E-state index in [4.69, 9.17) is 0 Å². The number of aryl methyl sites for hydroxylation is 1. The maximum Gasteiger partial charge on any atom is 0.183 e. The lowest BCUT2D eigenvalue weighted by molar-refractivity contribution is 0.684. The lowest BCUT2D eigenvalue weighted by Crippen LogP contribution is -2.11. The number of thiazole rings is 1. The van der Waals surface area contributed by atoms with E-state index in [-0.39, 0.29) is 0 Å². The summed E-state index contributed by atoms with van der Waals surface area (Å²) in [6.45, 7) is 4.74. The lowest BCUT2D eigenvalue weighted by Gasteiger charge is -2.00. The fraction of sp³-hybridized carbons (Fsp3) is 0.417. The highest BCUT2D eigenvalue weighted by Gasteiger charge is 2.03. The average molecular weight is 268 g/mol. The van der Waals surface area contributed by atoms with Gasteiger partial charge in [-0.1, -0.05) is 24.3 Å². The van der Waals surface area contributed by atoms with Gasteiger partial charge in [0.2, 0.25) is 0 Å². The van der Waals surface area contributed by atoms with Gasteiger partial charge < -0.3 is 5.32 Å². The first-order valence-corrected chi connectivity index (χ1v) is 7.95. The summed E-state index contributed by atoms with van der Waals surface area (Å²) in [7, 11) is -0.708. The van der Waals surface area contributed by atoms with Crippen LogP contribution in [0.5, 0.6) is 0 Å². The van der Waals surface area contributed by atoms with Crippen LogP contribution in [-0.2, 0) is 10.8 Å². The molecule has 1 N–H and O–H groups in total. The zero-order valence-electron chi connectivity index (χ0n) is 10.0. The molecule has 0 amide bonds. The van der Waals surface area contributed by atoms with Crippen LogP contribution in [0.15, 0.2) is 18.2 Å². The number of nitrogens with one attached hydrogen (secondary N) is 1. The highest BCUT2D eigenvalue weighted by Crippen LogP contribution is 2.26. The number of benzene rings is 1. The molecule has 1 aromatic carbocycles. The number of nitrogens with zero attached hydrogens (tertiary/aromatic N) is 1. The third-order valence-electron chi connectivity index (χ3n) is 2.47. The molecule has 0 bridgehead atoms. The zero-order valence-corrected chi connectivity index (χ0v) is 11.7. The molecule has 0 spiro atoms. The second kappa shape index (κ2) is 5.60. The molecule has 92 valence electrons. The van der Waals surface area contributed by atoms with Gasteiger partial charge in [-0.15, -0.1) is 0 Å². The first-order valence-electron chi connectivity index (χ1n) is 5.65. The van der Waals surface area contributed by atoms with E-state index in [0.717, 1.165) is 22.9 Å². The molecule has 0 aliphatic heterocycles. The first kappa shape index (κ1) is 12.5. The van der Waals surface area contributed by atoms with Gasteiger partial charge >= 0.3 is 0 Å². The Morgan fingerprint density at radius 2 is 2.29 bits per heavy atom. The Bertz CT molecular complexity index is 536. The second-order valence-electron chi connectivity index (χ2n) is 3.85. The molecule has 1 atom stereocenters. The topological polar surface area (TPSA) is 42.0 Å². The summed E-state index contributed by atoms with van der Waals surface area (Å²) >= 11 is 1.65. The van der Waals surface area contributed by atoms with Crippen molar-refractivity contribution < 1.29 is 4.21 Å². The quantitative estimate of drug-likeness (QED) is 0.906. The normalized spacial score (nSPS) is 12.8. The monoisotopic (exact) mass is 268 g/mol. The van der Waals surface area contributed by atoms with Crippen molar-refractivity contribution >= 4 is 37.5 Å². The number of fused-ring (bicyclic) bond motifs is 1. The molecule has 1 aromatic heterocycles. The summed E-state index contributed by atoms with van der Waals surface area (Å²) in [5.41, 5.74) is 2.28. The molecule has 0 radical (unpaired) electrons. The Kier molecular flexibility index (Phi) is 4.12. The maximum atomic E-state index is 11.3. The predicted octanol–water partition coefficient (Wildman–Crippen LogP) is 2.79. The molecule has 5 heteroatoms. The van der Waals surface area contributed by atoms with Crippen LogP contribution in [0.4, 0.5) is 5.13 Å². The standard InChI is InChI=1S/C12H16N2OS2/c1-3-17(15)7-6-13-12-14-10-5-4-9(2)8-11(10)16-12/h4-5,8H,3,6-7H2,1-2H3,(H,13,14). The molecule has 1 unspecified atom stereocenters. The van der Waals surface area contributed by atoms with Gasteiger partial charge in [0.05, 0.1) is 10.2 Å². The molecular weight excluding hydrogens is 252 g/mol. The fourth-order valence-electron chi connectivity index (χ4n) is 1.52. The molecule has 1 heterocycles. The van der Waals surface area contributed by atoms with E-state index in [1.807, 2.05) is 13.0 Å². The van der Waals surface area contributed by atoms with Gasteiger partial charge in [-0.25, -0.2) is 4.98 Å². The van der Waals surface area contributed by atoms with Crippen LogP contribution in [0.2, 0.25) is 0 Å². The van der Waals surface area contributed by atoms with E-state index in [1.54, 1.807) is 11.3 Å². The van der Waals surface area contributed by atoms with Crippen LogP contribution >= 0.6 is 11.3 Å². The average Bonchev–Trinajstić information content (AvgIpc) is 2.70. The smallest absolute Gasteiger partial charge is 0.183 e. The van der Waals surface area contributed by atoms with Crippen molar-refractivity contribution in [2.75, 3.05) is 23.4 Å². The molecular formula is C12H16N2OS2. The number of hydrogen-bond acceptors (Lipinski definition) is 4. The van der Waals surface area contributed by atoms with Crippen LogP contribution in [0, 0.1) is 6.92 Å². The van der Waals surface area contributed by atoms with Crippen molar-refractivity contribution in [3.05, 3.63) is 23.8 Å². The molecule has 3 nitrogen and oxygen atoms in total. The largest absolute Gasteiger partial charge is 0.361 e. The third kappa shape index (κ3) is 3.26. The van der Waals surface area contributed by atoms with Crippen LogP contribution in [-0.4, -0.2) is 27.2 Å². The van der Waals surface area contributed by atoms with Gasteiger partial charge in [-0.05, 0) is 24.6 Å². The van der Waals surface area contributed by atoms with Crippen LogP contribution in [0.1, 0.15) is 12.5 Å². The summed E-state index contributed by atoms with van der Waals surface area (Å²) in [6.07, 6.45) is 0. The van der Waals surface area contributed by atoms with Crippen LogP contribution < -0.4 is 5.32 Å². The van der Waals surface area contributed by atoms with Crippen molar-refractivity contribution in [2.45, 2.75) is 13.8 Å². The van der Waals surface area contributed by atoms with E-state index >= 15 is 0 Å². The maximum absolute atomic E-state index is 11.3. The van der Waals surface area contributed by atoms with Gasteiger partial charge in [0.15, 0.2) is 5.13 Å². The molecule has 0 saturated carbocycles. The molecule has 0 saturated heterocycles. The molecule has 0 fully saturated rings. The van der Waals surface area contributed by atoms with Crippen molar-refractivity contribution in [2.24, 2.45) is 0 Å². The van der Waals surface area contributed by atoms with Crippen molar-refractivity contribution in [1.82, 2.24) is 4.98 Å². The molecule has 17 heavy (non-hydrogen) atoms. The summed E-state index contributed by atoms with van der Waals surface area (Å²) < 4.78 is 12.5. The van der Waals surface area contributed by atoms with Crippen molar-refractivity contribution in [3.63, 3.8) is 0 Å². The van der Waals surface area contributed by atoms with E-state index < -0.39 is 10.8 Å². The molecule has 2 rings (SSSR count). The van der Waals surface area contributed by atoms with E-state index in [2.05, 4.69) is 29.4 Å². The summed E-state index contributed by atoms with van der Waals surface area (Å²) in [6, 6.07) is 6.25. The number of rotatable bonds is 5. The van der Waals surface area contributed by atoms with Gasteiger partial charge in [0.25, 0.3) is 0 Å². The van der Waals surface area contributed by atoms with E-state index in [0.29, 0.717) is 5.75 Å². The minimum Gasteiger partial charge on any atom is -0.361 e. The third-order valence-corrected chi connectivity index (χ3v) is 4.75. The Hall–Kier alpha value is -0.940. The lowest BCUT2D eigenvalue weighted by atomic mass is 10.2. The minimum absolute atomic E-state index is 0.686. The highest BCUT2D eigenvalue weighted by atomic mass is 32.2. The number of anilines is 1. The molecule has 0 aliphatic rings. The van der Waals surface area contributed by atoms with E-state index in [1.165, 1.54) is 10.3 Å². The summed E-state index contributed by atoms with van der Waals surface area (Å²) in [4.78, 5) is 4.48. The minimum atomic E-state index is -0.708. The van der Waals surface area contributed by atoms with Crippen LogP contribution in [0.3, 0.4) is 0 Å². The van der Waals surface area contributed by atoms with Gasteiger partial charge in [0, 0.05) is 28.9 Å². The van der Waals surface area contributed by atoms with Crippen molar-refractivity contribution in [1.29, 1.82) is 0 Å². The first-order chi connectivity index (χ1) is 8.19. The Morgan fingerprint density at radius 1 is 1.47 bits per heavy atom. The molecule has 0 aliphatic carbocycles. The predicted molar refractivity (Wildman–Crippen MR) is 76.4 cm³/mol. The Morgan fingerprint density at radius 3 is 3.06 bits per heavy atom. The zero-order chi connectivity index (χ0) is 12.3. The number of aromatic nitrogens is 1. The van der Waals surface area contributed by atoms with E-state index in [9.17, 15) is 4.21 Å². The van der Waals surface area contributed by atoms with Gasteiger partial charge in [-0.2, -0.15) is 0 Å². The fourth-order valence-corrected chi connectivity index (χ4v) is 3.13. The Balaban J connectivity index is 2.02. The Labute approximate surface area is 108 Å². The summed E-state index contributed by atoms with van der Waals surface area (Å²) in [5, 5.41) is 4.15. The van der Waals surface area contributed by atoms with Crippen LogP contribution in [0.25, 0.3) is 10.2 Å². The van der Waals surface area contributed by atoms with Gasteiger partial charge in [-0.3, -0.25) is 4.21 Å². The number of hydrogen-bond donors (Lipinski definition) is 1. The van der Waals surface area contributed by atoms with Crippen molar-refractivity contribution in [3.8, 4) is 0 Å². The SMILES string of the molecule is CCS(=O)CCNc1nc2ccc(C)cc2s1.